The number of carbonyl (C=O) groups is 2. The molecule has 1 N–H and O–H groups in total. The number of rotatable bonds is 5. The van der Waals surface area contributed by atoms with E-state index in [1.165, 1.54) is 11.3 Å². The van der Waals surface area contributed by atoms with Gasteiger partial charge in [0.15, 0.2) is 6.61 Å². The molecule has 2 aromatic heterocycles. The fraction of sp³-hybridized carbons (Fsp3) is 0.0952. The minimum atomic E-state index is -0.576. The van der Waals surface area contributed by atoms with Crippen molar-refractivity contribution in [2.75, 3.05) is 11.9 Å². The lowest BCUT2D eigenvalue weighted by atomic mass is 10.3. The fourth-order valence-corrected chi connectivity index (χ4v) is 4.24. The Balaban J connectivity index is 1.48. The number of aromatic nitrogens is 2. The van der Waals surface area contributed by atoms with Gasteiger partial charge in [-0.05, 0) is 49.4 Å². The molecule has 0 aliphatic heterocycles. The van der Waals surface area contributed by atoms with Gasteiger partial charge in [-0.25, -0.2) is 9.48 Å². The third kappa shape index (κ3) is 4.18. The molecule has 6 nitrogen and oxygen atoms in total. The first kappa shape index (κ1) is 20.4. The van der Waals surface area contributed by atoms with Gasteiger partial charge >= 0.3 is 5.97 Å². The molecule has 0 aliphatic rings. The monoisotopic (exact) mass is 459 g/mol. The SMILES string of the molecule is Cc1nn(-c2ccc(Cl)cc2)c2sc(C(=O)OCC(=O)Nc3ccccc3Cl)cc12. The number of nitrogens with one attached hydrogen (secondary N) is 1. The van der Waals surface area contributed by atoms with Crippen molar-refractivity contribution in [3.8, 4) is 5.69 Å². The van der Waals surface area contributed by atoms with Gasteiger partial charge in [0.05, 0.1) is 22.1 Å². The lowest BCUT2D eigenvalue weighted by molar-refractivity contribution is -0.119. The van der Waals surface area contributed by atoms with E-state index in [9.17, 15) is 9.59 Å². The molecule has 0 spiro atoms. The molecule has 1 amide bonds. The van der Waals surface area contributed by atoms with E-state index in [0.717, 1.165) is 21.6 Å². The summed E-state index contributed by atoms with van der Waals surface area (Å²) >= 11 is 13.2. The van der Waals surface area contributed by atoms with E-state index in [4.69, 9.17) is 27.9 Å². The second-order valence-corrected chi connectivity index (χ2v) is 8.28. The highest BCUT2D eigenvalue weighted by atomic mass is 35.5. The van der Waals surface area contributed by atoms with Crippen LogP contribution in [0.1, 0.15) is 15.4 Å². The summed E-state index contributed by atoms with van der Waals surface area (Å²) in [5, 5.41) is 9.03. The summed E-state index contributed by atoms with van der Waals surface area (Å²) in [5.74, 6) is -1.05. The van der Waals surface area contributed by atoms with Gasteiger partial charge in [0.25, 0.3) is 5.91 Å². The molecule has 4 aromatic rings. The molecule has 0 bridgehead atoms. The molecule has 0 atom stereocenters. The van der Waals surface area contributed by atoms with Crippen molar-refractivity contribution < 1.29 is 14.3 Å². The number of hydrogen-bond donors (Lipinski definition) is 1. The minimum absolute atomic E-state index is 0.388. The van der Waals surface area contributed by atoms with Crippen molar-refractivity contribution in [3.63, 3.8) is 0 Å². The summed E-state index contributed by atoms with van der Waals surface area (Å²) in [6.45, 7) is 1.45. The lowest BCUT2D eigenvalue weighted by Crippen LogP contribution is -2.20. The Kier molecular flexibility index (Phi) is 5.76. The Bertz CT molecular complexity index is 1250. The topological polar surface area (TPSA) is 73.2 Å². The number of carbonyl (C=O) groups excluding carboxylic acids is 2. The summed E-state index contributed by atoms with van der Waals surface area (Å²) in [6, 6.07) is 15.8. The van der Waals surface area contributed by atoms with Crippen LogP contribution in [0.15, 0.2) is 54.6 Å². The van der Waals surface area contributed by atoms with Crippen LogP contribution in [0.4, 0.5) is 5.69 Å². The van der Waals surface area contributed by atoms with Crippen molar-refractivity contribution >= 4 is 62.3 Å². The Morgan fingerprint density at radius 2 is 1.87 bits per heavy atom. The summed E-state index contributed by atoms with van der Waals surface area (Å²) < 4.78 is 6.93. The number of halogens is 2. The molecule has 0 radical (unpaired) electrons. The number of para-hydroxylation sites is 1. The van der Waals surface area contributed by atoms with Crippen molar-refractivity contribution in [2.24, 2.45) is 0 Å². The van der Waals surface area contributed by atoms with E-state index < -0.39 is 18.5 Å². The maximum absolute atomic E-state index is 12.5. The first-order chi connectivity index (χ1) is 14.4. The van der Waals surface area contributed by atoms with Gasteiger partial charge in [0.1, 0.15) is 9.71 Å². The van der Waals surface area contributed by atoms with Gasteiger partial charge in [-0.3, -0.25) is 4.79 Å². The van der Waals surface area contributed by atoms with E-state index in [1.54, 1.807) is 47.1 Å². The predicted octanol–water partition coefficient (Wildman–Crippen LogP) is 5.50. The molecule has 4 rings (SSSR count). The second-order valence-electron chi connectivity index (χ2n) is 6.41. The quantitative estimate of drug-likeness (QED) is 0.400. The number of fused-ring (bicyclic) bond motifs is 1. The van der Waals surface area contributed by atoms with Gasteiger partial charge in [-0.1, -0.05) is 35.3 Å². The Labute approximate surface area is 186 Å². The highest BCUT2D eigenvalue weighted by Crippen LogP contribution is 2.31. The van der Waals surface area contributed by atoms with E-state index in [2.05, 4.69) is 10.4 Å². The van der Waals surface area contributed by atoms with Crippen molar-refractivity contribution in [1.82, 2.24) is 9.78 Å². The zero-order chi connectivity index (χ0) is 21.3. The van der Waals surface area contributed by atoms with Crippen LogP contribution in [-0.2, 0) is 9.53 Å². The van der Waals surface area contributed by atoms with Gasteiger partial charge < -0.3 is 10.1 Å². The number of hydrogen-bond acceptors (Lipinski definition) is 5. The van der Waals surface area contributed by atoms with Crippen LogP contribution < -0.4 is 5.32 Å². The third-order valence-electron chi connectivity index (χ3n) is 4.30. The standard InChI is InChI=1S/C21H15Cl2N3O3S/c1-12-15-10-18(30-20(15)26(25-12)14-8-6-13(22)7-9-14)21(28)29-11-19(27)24-17-5-3-2-4-16(17)23/h2-10H,11H2,1H3,(H,24,27). The normalized spacial score (nSPS) is 10.9. The molecule has 0 saturated heterocycles. The number of amides is 1. The van der Waals surface area contributed by atoms with Crippen LogP contribution in [0.5, 0.6) is 0 Å². The van der Waals surface area contributed by atoms with Gasteiger partial charge in [-0.2, -0.15) is 5.10 Å². The summed E-state index contributed by atoms with van der Waals surface area (Å²) in [7, 11) is 0. The van der Waals surface area contributed by atoms with Gasteiger partial charge in [-0.15, -0.1) is 11.3 Å². The van der Waals surface area contributed by atoms with Crippen LogP contribution in [0, 0.1) is 6.92 Å². The largest absolute Gasteiger partial charge is 0.451 e. The molecule has 30 heavy (non-hydrogen) atoms. The molecule has 152 valence electrons. The molecular formula is C21H15Cl2N3O3S. The van der Waals surface area contributed by atoms with E-state index in [1.807, 2.05) is 19.1 Å². The number of ether oxygens (including phenoxy) is 1. The molecule has 9 heteroatoms. The van der Waals surface area contributed by atoms with E-state index >= 15 is 0 Å². The fourth-order valence-electron chi connectivity index (χ4n) is 2.86. The highest BCUT2D eigenvalue weighted by Gasteiger charge is 2.19. The first-order valence-corrected chi connectivity index (χ1v) is 10.5. The summed E-state index contributed by atoms with van der Waals surface area (Å²) in [5.41, 5.74) is 2.07. The number of aryl methyl sites for hydroxylation is 1. The molecular weight excluding hydrogens is 445 g/mol. The van der Waals surface area contributed by atoms with Crippen LogP contribution in [-0.4, -0.2) is 28.3 Å². The van der Waals surface area contributed by atoms with E-state index in [-0.39, 0.29) is 0 Å². The van der Waals surface area contributed by atoms with Crippen LogP contribution in [0.3, 0.4) is 0 Å². The lowest BCUT2D eigenvalue weighted by Gasteiger charge is -2.07. The Morgan fingerprint density at radius 1 is 1.13 bits per heavy atom. The molecule has 2 heterocycles. The summed E-state index contributed by atoms with van der Waals surface area (Å²) in [4.78, 5) is 25.7. The van der Waals surface area contributed by atoms with Crippen LogP contribution in [0.25, 0.3) is 15.9 Å². The average molecular weight is 460 g/mol. The Hall–Kier alpha value is -2.87. The number of benzene rings is 2. The van der Waals surface area contributed by atoms with Crippen molar-refractivity contribution in [1.29, 1.82) is 0 Å². The van der Waals surface area contributed by atoms with Crippen LogP contribution >= 0.6 is 34.5 Å². The molecule has 0 fully saturated rings. The number of esters is 1. The Morgan fingerprint density at radius 3 is 2.60 bits per heavy atom. The number of nitrogens with zero attached hydrogens (tertiary/aromatic N) is 2. The summed E-state index contributed by atoms with van der Waals surface area (Å²) in [6.07, 6.45) is 0. The van der Waals surface area contributed by atoms with Gasteiger partial charge in [0, 0.05) is 10.4 Å². The predicted molar refractivity (Wildman–Crippen MR) is 119 cm³/mol. The minimum Gasteiger partial charge on any atom is -0.451 e. The van der Waals surface area contributed by atoms with E-state index in [0.29, 0.717) is 20.6 Å². The van der Waals surface area contributed by atoms with Crippen LogP contribution in [0.2, 0.25) is 10.0 Å². The van der Waals surface area contributed by atoms with Crippen molar-refractivity contribution in [3.05, 3.63) is 75.2 Å². The first-order valence-electron chi connectivity index (χ1n) is 8.89. The van der Waals surface area contributed by atoms with Gasteiger partial charge in [0.2, 0.25) is 0 Å². The number of anilines is 1. The zero-order valence-electron chi connectivity index (χ0n) is 15.7. The highest BCUT2D eigenvalue weighted by molar-refractivity contribution is 7.20. The maximum atomic E-state index is 12.5. The van der Waals surface area contributed by atoms with Crippen molar-refractivity contribution in [2.45, 2.75) is 6.92 Å². The smallest absolute Gasteiger partial charge is 0.348 e. The zero-order valence-corrected chi connectivity index (χ0v) is 18.0. The molecule has 0 saturated carbocycles. The molecule has 0 unspecified atom stereocenters. The second kappa shape index (κ2) is 8.47. The third-order valence-corrected chi connectivity index (χ3v) is 5.97. The number of thiophene rings is 1. The molecule has 0 aliphatic carbocycles. The maximum Gasteiger partial charge on any atom is 0.348 e. The molecule has 2 aromatic carbocycles. The average Bonchev–Trinajstić information content (AvgIpc) is 3.29.